The Labute approximate surface area is 331 Å². The monoisotopic (exact) mass is 780 g/mol. The van der Waals surface area contributed by atoms with Crippen molar-refractivity contribution in [3.05, 3.63) is 23.3 Å². The second-order valence-corrected chi connectivity index (χ2v) is 22.2. The lowest BCUT2D eigenvalue weighted by atomic mass is 9.47. The Morgan fingerprint density at radius 3 is 1.64 bits per heavy atom. The van der Waals surface area contributed by atoms with Gasteiger partial charge in [-0.2, -0.15) is 8.42 Å². The molecule has 8 aliphatic carbocycles. The SMILES string of the molecule is CC(=O)C1CCC2C3CC=C4CC(OC(=O)C(C)COS(=O)(=O)OC5CCC6(C)C(=CCC7C6CCC6(C)C(C(C)=O)CCC76)C5)CCC4(C)C3CCC12C. The summed E-state index contributed by atoms with van der Waals surface area (Å²) in [6.45, 7) is 14.5. The number of Topliss-reactive ketones (excluding diaryl/α,β-unsaturated/α-hetero) is 2. The number of carbonyl (C=O) groups is 3. The van der Waals surface area contributed by atoms with E-state index < -0.39 is 28.4 Å². The van der Waals surface area contributed by atoms with Gasteiger partial charge in [0.2, 0.25) is 0 Å². The van der Waals surface area contributed by atoms with Crippen LogP contribution in [0.25, 0.3) is 0 Å². The van der Waals surface area contributed by atoms with E-state index in [1.54, 1.807) is 20.8 Å². The normalized spacial score (nSPS) is 46.7. The third kappa shape index (κ3) is 6.59. The highest BCUT2D eigenvalue weighted by Gasteiger charge is 2.61. The molecule has 306 valence electrons. The summed E-state index contributed by atoms with van der Waals surface area (Å²) in [5.74, 6) is 3.46. The smallest absolute Gasteiger partial charge is 0.400 e. The fourth-order valence-electron chi connectivity index (χ4n) is 15.5. The maximum atomic E-state index is 13.3. The average molecular weight is 781 g/mol. The molecule has 9 heteroatoms. The zero-order valence-electron chi connectivity index (χ0n) is 34.7. The maximum Gasteiger partial charge on any atom is 0.400 e. The molecule has 8 nitrogen and oxygen atoms in total. The molecule has 6 saturated carbocycles. The Hall–Kier alpha value is -1.84. The van der Waals surface area contributed by atoms with Crippen molar-refractivity contribution in [3.63, 3.8) is 0 Å². The van der Waals surface area contributed by atoms with Gasteiger partial charge < -0.3 is 4.74 Å². The molecule has 0 N–H and O–H groups in total. The first kappa shape index (κ1) is 40.0. The van der Waals surface area contributed by atoms with Gasteiger partial charge in [0.15, 0.2) is 0 Å². The lowest BCUT2D eigenvalue weighted by Gasteiger charge is -2.58. The van der Waals surface area contributed by atoms with E-state index in [1.807, 2.05) is 0 Å². The van der Waals surface area contributed by atoms with E-state index in [0.717, 1.165) is 89.9 Å². The Bertz CT molecular complexity index is 1750. The minimum Gasteiger partial charge on any atom is -0.462 e. The Morgan fingerprint density at radius 2 is 1.15 bits per heavy atom. The van der Waals surface area contributed by atoms with E-state index in [0.29, 0.717) is 59.9 Å². The van der Waals surface area contributed by atoms with Crippen molar-refractivity contribution in [2.45, 2.75) is 163 Å². The molecule has 55 heavy (non-hydrogen) atoms. The Balaban J connectivity index is 0.824. The number of hydrogen-bond acceptors (Lipinski definition) is 8. The van der Waals surface area contributed by atoms with Gasteiger partial charge in [0.05, 0.1) is 18.6 Å². The van der Waals surface area contributed by atoms with Crippen LogP contribution in [-0.2, 0) is 37.9 Å². The van der Waals surface area contributed by atoms with Crippen LogP contribution in [0.2, 0.25) is 0 Å². The summed E-state index contributed by atoms with van der Waals surface area (Å²) in [4.78, 5) is 38.3. The fraction of sp³-hybridized carbons (Fsp3) is 0.848. The van der Waals surface area contributed by atoms with Crippen molar-refractivity contribution in [2.75, 3.05) is 6.61 Å². The summed E-state index contributed by atoms with van der Waals surface area (Å²) in [6, 6.07) is 0. The number of hydrogen-bond donors (Lipinski definition) is 0. The summed E-state index contributed by atoms with van der Waals surface area (Å²) in [5, 5.41) is 0. The molecule has 0 aromatic heterocycles. The Morgan fingerprint density at radius 1 is 0.673 bits per heavy atom. The first-order chi connectivity index (χ1) is 25.9. The van der Waals surface area contributed by atoms with Crippen LogP contribution >= 0.6 is 0 Å². The van der Waals surface area contributed by atoms with Crippen molar-refractivity contribution < 1.29 is 35.9 Å². The van der Waals surface area contributed by atoms with Crippen LogP contribution in [0.15, 0.2) is 23.3 Å². The number of ether oxygens (including phenoxy) is 1. The molecule has 0 bridgehead atoms. The summed E-state index contributed by atoms with van der Waals surface area (Å²) < 4.78 is 43.3. The second kappa shape index (κ2) is 14.2. The lowest BCUT2D eigenvalue weighted by molar-refractivity contribution is -0.157. The molecule has 15 unspecified atom stereocenters. The van der Waals surface area contributed by atoms with Crippen LogP contribution in [0.5, 0.6) is 0 Å². The Kier molecular flexibility index (Phi) is 10.3. The van der Waals surface area contributed by atoms with Crippen LogP contribution < -0.4 is 0 Å². The molecule has 0 spiro atoms. The van der Waals surface area contributed by atoms with Crippen LogP contribution in [0, 0.1) is 74.9 Å². The molecule has 0 aromatic carbocycles. The number of rotatable bonds is 9. The fourth-order valence-corrected chi connectivity index (χ4v) is 16.4. The maximum absolute atomic E-state index is 13.3. The third-order valence-corrected chi connectivity index (χ3v) is 19.4. The van der Waals surface area contributed by atoms with Gasteiger partial charge in [0, 0.05) is 18.3 Å². The van der Waals surface area contributed by atoms with Gasteiger partial charge in [-0.15, -0.1) is 0 Å². The summed E-state index contributed by atoms with van der Waals surface area (Å²) in [7, 11) is -4.31. The van der Waals surface area contributed by atoms with E-state index in [-0.39, 0.29) is 46.2 Å². The molecule has 0 amide bonds. The van der Waals surface area contributed by atoms with Gasteiger partial charge in [0.1, 0.15) is 17.7 Å². The van der Waals surface area contributed by atoms with Gasteiger partial charge in [-0.1, -0.05) is 51.0 Å². The summed E-state index contributed by atoms with van der Waals surface area (Å²) >= 11 is 0. The quantitative estimate of drug-likeness (QED) is 0.168. The molecule has 8 rings (SSSR count). The minimum absolute atomic E-state index is 0.0287. The van der Waals surface area contributed by atoms with Crippen molar-refractivity contribution >= 4 is 27.9 Å². The van der Waals surface area contributed by atoms with Gasteiger partial charge >= 0.3 is 16.4 Å². The standard InChI is InChI=1S/C46H68O8S/c1-27(42(49)53-32-16-20-43(4)30(24-32)8-10-34-38-14-12-36(28(2)47)45(38,6)22-18-40(34)43)26-52-55(50,51)54-33-17-21-44(5)31(25-33)9-11-35-39-15-13-37(29(3)48)46(39,7)23-19-41(35)44/h8-9,27,32-41H,10-26H2,1-7H3. The van der Waals surface area contributed by atoms with Crippen molar-refractivity contribution in [3.8, 4) is 0 Å². The molecule has 0 heterocycles. The van der Waals surface area contributed by atoms with E-state index >= 15 is 0 Å². The molecule has 0 aromatic rings. The number of esters is 1. The largest absolute Gasteiger partial charge is 0.462 e. The van der Waals surface area contributed by atoms with E-state index in [9.17, 15) is 22.8 Å². The van der Waals surface area contributed by atoms with Crippen LogP contribution in [0.1, 0.15) is 151 Å². The first-order valence-corrected chi connectivity index (χ1v) is 23.4. The minimum atomic E-state index is -4.31. The molecule has 0 radical (unpaired) electrons. The molecule has 8 aliphatic rings. The highest BCUT2D eigenvalue weighted by atomic mass is 32.3. The van der Waals surface area contributed by atoms with Crippen molar-refractivity contribution in [2.24, 2.45) is 74.9 Å². The molecular weight excluding hydrogens is 713 g/mol. The predicted molar refractivity (Wildman–Crippen MR) is 211 cm³/mol. The van der Waals surface area contributed by atoms with Crippen LogP contribution in [0.4, 0.5) is 0 Å². The zero-order valence-corrected chi connectivity index (χ0v) is 35.5. The molecular formula is C46H68O8S. The molecule has 0 aliphatic heterocycles. The topological polar surface area (TPSA) is 113 Å². The van der Waals surface area contributed by atoms with Gasteiger partial charge in [-0.25, -0.2) is 8.37 Å². The van der Waals surface area contributed by atoms with Crippen LogP contribution in [-0.4, -0.2) is 44.8 Å². The van der Waals surface area contributed by atoms with Gasteiger partial charge in [-0.3, -0.25) is 14.4 Å². The molecule has 6 fully saturated rings. The summed E-state index contributed by atoms with van der Waals surface area (Å²) in [5.41, 5.74) is 3.09. The lowest BCUT2D eigenvalue weighted by Crippen LogP contribution is -2.51. The van der Waals surface area contributed by atoms with E-state index in [4.69, 9.17) is 13.1 Å². The van der Waals surface area contributed by atoms with Crippen molar-refractivity contribution in [1.29, 1.82) is 0 Å². The first-order valence-electron chi connectivity index (χ1n) is 22.1. The van der Waals surface area contributed by atoms with E-state index in [2.05, 4.69) is 39.8 Å². The predicted octanol–water partition coefficient (Wildman–Crippen LogP) is 9.52. The van der Waals surface area contributed by atoms with E-state index in [1.165, 1.54) is 11.1 Å². The summed E-state index contributed by atoms with van der Waals surface area (Å²) in [6.07, 6.45) is 19.6. The zero-order chi connectivity index (χ0) is 39.3. The number of fused-ring (bicyclic) bond motifs is 10. The second-order valence-electron chi connectivity index (χ2n) is 20.9. The highest BCUT2D eigenvalue weighted by Crippen LogP contribution is 2.68. The van der Waals surface area contributed by atoms with Crippen LogP contribution in [0.3, 0.4) is 0 Å². The third-order valence-electron chi connectivity index (χ3n) is 18.5. The van der Waals surface area contributed by atoms with Gasteiger partial charge in [-0.05, 0) is 174 Å². The average Bonchev–Trinajstić information content (AvgIpc) is 3.68. The highest BCUT2D eigenvalue weighted by molar-refractivity contribution is 7.81. The molecule has 15 atom stereocenters. The number of carbonyl (C=O) groups excluding carboxylic acids is 3. The van der Waals surface area contributed by atoms with Gasteiger partial charge in [0.25, 0.3) is 0 Å². The van der Waals surface area contributed by atoms with Crippen molar-refractivity contribution in [1.82, 2.24) is 0 Å². The molecule has 0 saturated heterocycles. The number of allylic oxidation sites excluding steroid dienone is 2. The number of ketones is 2.